The number of benzene rings is 1. The van der Waals surface area contributed by atoms with E-state index in [0.29, 0.717) is 24.4 Å². The number of rotatable bonds is 2. The number of fused-ring (bicyclic) bond motifs is 1. The van der Waals surface area contributed by atoms with Gasteiger partial charge in [0.05, 0.1) is 29.2 Å². The summed E-state index contributed by atoms with van der Waals surface area (Å²) >= 11 is 0. The summed E-state index contributed by atoms with van der Waals surface area (Å²) in [5.74, 6) is 0. The van der Waals surface area contributed by atoms with Gasteiger partial charge in [0.1, 0.15) is 0 Å². The average Bonchev–Trinajstić information content (AvgIpc) is 2.82. The summed E-state index contributed by atoms with van der Waals surface area (Å²) in [6.45, 7) is 4.63. The molecule has 0 radical (unpaired) electrons. The summed E-state index contributed by atoms with van der Waals surface area (Å²) in [7, 11) is -1.56. The largest absolute Gasteiger partial charge is 0.336 e. The summed E-state index contributed by atoms with van der Waals surface area (Å²) in [6.07, 6.45) is 2.42. The number of hydrogen-bond donors (Lipinski definition) is 0. The topological polar surface area (TPSA) is 55.2 Å². The molecule has 0 fully saturated rings. The molecule has 0 saturated carbocycles. The number of sulfonamides is 1. The second-order valence-electron chi connectivity index (χ2n) is 5.61. The molecule has 1 aliphatic heterocycles. The van der Waals surface area contributed by atoms with Crippen LogP contribution in [0.3, 0.4) is 0 Å². The lowest BCUT2D eigenvalue weighted by atomic mass is 10.2. The van der Waals surface area contributed by atoms with Crippen LogP contribution in [0.4, 0.5) is 0 Å². The summed E-state index contributed by atoms with van der Waals surface area (Å²) in [5, 5.41) is 0. The fourth-order valence-electron chi connectivity index (χ4n) is 2.72. The van der Waals surface area contributed by atoms with Crippen LogP contribution in [0.1, 0.15) is 22.5 Å². The second kappa shape index (κ2) is 4.96. The minimum absolute atomic E-state index is 0.390. The van der Waals surface area contributed by atoms with Crippen LogP contribution in [-0.4, -0.2) is 28.8 Å². The molecule has 0 amide bonds. The lowest BCUT2D eigenvalue weighted by Gasteiger charge is -2.27. The van der Waals surface area contributed by atoms with Gasteiger partial charge in [0, 0.05) is 20.0 Å². The zero-order chi connectivity index (χ0) is 15.2. The Bertz CT molecular complexity index is 793. The summed E-state index contributed by atoms with van der Waals surface area (Å²) in [4.78, 5) is 4.73. The second-order valence-corrected chi connectivity index (χ2v) is 7.51. The minimum Gasteiger partial charge on any atom is -0.336 e. The van der Waals surface area contributed by atoms with Crippen LogP contribution in [0, 0.1) is 13.8 Å². The van der Waals surface area contributed by atoms with Crippen molar-refractivity contribution in [3.05, 3.63) is 47.0 Å². The van der Waals surface area contributed by atoms with Crippen LogP contribution in [0.2, 0.25) is 0 Å². The highest BCUT2D eigenvalue weighted by Crippen LogP contribution is 2.26. The fraction of sp³-hybridized carbons (Fsp3) is 0.400. The zero-order valence-electron chi connectivity index (χ0n) is 12.5. The van der Waals surface area contributed by atoms with Crippen LogP contribution in [0.5, 0.6) is 0 Å². The monoisotopic (exact) mass is 305 g/mol. The average molecular weight is 305 g/mol. The zero-order valence-corrected chi connectivity index (χ0v) is 13.3. The highest BCUT2D eigenvalue weighted by atomic mass is 32.2. The van der Waals surface area contributed by atoms with E-state index in [1.165, 1.54) is 0 Å². The standard InChI is InChI=1S/C15H19N3O2S/c1-11-4-5-12(2)15(8-11)21(19,20)18-7-6-13-14(9-18)17(3)10-16-13/h4-5,8,10H,6-7,9H2,1-3H3. The van der Waals surface area contributed by atoms with Gasteiger partial charge in [0.2, 0.25) is 10.0 Å². The summed E-state index contributed by atoms with van der Waals surface area (Å²) in [6, 6.07) is 5.55. The number of hydrogen-bond acceptors (Lipinski definition) is 3. The fourth-order valence-corrected chi connectivity index (χ4v) is 4.43. The van der Waals surface area contributed by atoms with E-state index >= 15 is 0 Å². The molecule has 1 aliphatic rings. The van der Waals surface area contributed by atoms with E-state index in [0.717, 1.165) is 22.5 Å². The molecule has 0 atom stereocenters. The third-order valence-electron chi connectivity index (χ3n) is 4.03. The van der Waals surface area contributed by atoms with Gasteiger partial charge in [-0.15, -0.1) is 0 Å². The lowest BCUT2D eigenvalue weighted by Crippen LogP contribution is -2.37. The van der Waals surface area contributed by atoms with Crippen molar-refractivity contribution in [3.63, 3.8) is 0 Å². The Balaban J connectivity index is 2.00. The quantitative estimate of drug-likeness (QED) is 0.850. The molecule has 2 heterocycles. The molecule has 3 rings (SSSR count). The lowest BCUT2D eigenvalue weighted by molar-refractivity contribution is 0.379. The molecule has 6 heteroatoms. The SMILES string of the molecule is Cc1ccc(C)c(S(=O)(=O)N2CCc3ncn(C)c3C2)c1. The van der Waals surface area contributed by atoms with Gasteiger partial charge < -0.3 is 4.57 Å². The van der Waals surface area contributed by atoms with E-state index < -0.39 is 10.0 Å². The molecule has 0 aliphatic carbocycles. The predicted molar refractivity (Wildman–Crippen MR) is 80.4 cm³/mol. The molecule has 21 heavy (non-hydrogen) atoms. The first-order valence-electron chi connectivity index (χ1n) is 6.96. The van der Waals surface area contributed by atoms with Crippen molar-refractivity contribution in [2.45, 2.75) is 31.7 Å². The number of nitrogens with zero attached hydrogens (tertiary/aromatic N) is 3. The number of imidazole rings is 1. The molecular weight excluding hydrogens is 286 g/mol. The molecule has 1 aromatic heterocycles. The van der Waals surface area contributed by atoms with Gasteiger partial charge in [-0.05, 0) is 31.0 Å². The first-order chi connectivity index (χ1) is 9.89. The Morgan fingerprint density at radius 3 is 2.76 bits per heavy atom. The molecule has 2 aromatic rings. The molecule has 1 aromatic carbocycles. The van der Waals surface area contributed by atoms with Gasteiger partial charge >= 0.3 is 0 Å². The highest BCUT2D eigenvalue weighted by Gasteiger charge is 2.31. The maximum Gasteiger partial charge on any atom is 0.243 e. The van der Waals surface area contributed by atoms with E-state index in [2.05, 4.69) is 4.98 Å². The highest BCUT2D eigenvalue weighted by molar-refractivity contribution is 7.89. The molecule has 0 spiro atoms. The molecular formula is C15H19N3O2S. The molecule has 5 nitrogen and oxygen atoms in total. The van der Waals surface area contributed by atoms with Crippen LogP contribution < -0.4 is 0 Å². The maximum absolute atomic E-state index is 12.9. The maximum atomic E-state index is 12.9. The van der Waals surface area contributed by atoms with Gasteiger partial charge in [0.25, 0.3) is 0 Å². The van der Waals surface area contributed by atoms with Crippen LogP contribution >= 0.6 is 0 Å². The molecule has 112 valence electrons. The summed E-state index contributed by atoms with van der Waals surface area (Å²) in [5.41, 5.74) is 3.73. The van der Waals surface area contributed by atoms with Gasteiger partial charge in [-0.2, -0.15) is 4.31 Å². The molecule has 0 N–H and O–H groups in total. The van der Waals surface area contributed by atoms with Gasteiger partial charge in [-0.25, -0.2) is 13.4 Å². The number of aryl methyl sites for hydroxylation is 3. The van der Waals surface area contributed by atoms with Crippen molar-refractivity contribution in [2.24, 2.45) is 7.05 Å². The van der Waals surface area contributed by atoms with E-state index in [1.54, 1.807) is 16.7 Å². The van der Waals surface area contributed by atoms with Gasteiger partial charge in [0.15, 0.2) is 0 Å². The molecule has 0 bridgehead atoms. The van der Waals surface area contributed by atoms with Crippen LogP contribution in [-0.2, 0) is 30.0 Å². The third kappa shape index (κ3) is 2.38. The van der Waals surface area contributed by atoms with Crippen molar-refractivity contribution >= 4 is 10.0 Å². The van der Waals surface area contributed by atoms with Gasteiger partial charge in [-0.1, -0.05) is 12.1 Å². The third-order valence-corrected chi connectivity index (χ3v) is 6.02. The Hall–Kier alpha value is -1.66. The molecule has 0 saturated heterocycles. The van der Waals surface area contributed by atoms with Crippen molar-refractivity contribution in [2.75, 3.05) is 6.54 Å². The first kappa shape index (κ1) is 14.3. The predicted octanol–water partition coefficient (Wildman–Crippen LogP) is 1.78. The Labute approximate surface area is 125 Å². The smallest absolute Gasteiger partial charge is 0.243 e. The first-order valence-corrected chi connectivity index (χ1v) is 8.40. The Morgan fingerprint density at radius 1 is 1.24 bits per heavy atom. The van der Waals surface area contributed by atoms with Crippen molar-refractivity contribution in [1.29, 1.82) is 0 Å². The van der Waals surface area contributed by atoms with E-state index in [4.69, 9.17) is 0 Å². The van der Waals surface area contributed by atoms with Crippen molar-refractivity contribution in [1.82, 2.24) is 13.9 Å². The van der Waals surface area contributed by atoms with Crippen LogP contribution in [0.15, 0.2) is 29.4 Å². The minimum atomic E-state index is -3.46. The van der Waals surface area contributed by atoms with Crippen molar-refractivity contribution < 1.29 is 8.42 Å². The Kier molecular flexibility index (Phi) is 3.37. The normalized spacial score (nSPS) is 16.0. The van der Waals surface area contributed by atoms with Crippen LogP contribution in [0.25, 0.3) is 0 Å². The van der Waals surface area contributed by atoms with Crippen molar-refractivity contribution in [3.8, 4) is 0 Å². The van der Waals surface area contributed by atoms with Gasteiger partial charge in [-0.3, -0.25) is 0 Å². The Morgan fingerprint density at radius 2 is 2.00 bits per heavy atom. The van der Waals surface area contributed by atoms with E-state index in [1.807, 2.05) is 37.6 Å². The van der Waals surface area contributed by atoms with E-state index in [-0.39, 0.29) is 0 Å². The number of aromatic nitrogens is 2. The van der Waals surface area contributed by atoms with E-state index in [9.17, 15) is 8.42 Å². The summed E-state index contributed by atoms with van der Waals surface area (Å²) < 4.78 is 29.3. The molecule has 0 unspecified atom stereocenters.